The third-order valence-corrected chi connectivity index (χ3v) is 5.14. The van der Waals surface area contributed by atoms with Crippen molar-refractivity contribution in [1.29, 1.82) is 0 Å². The number of carboxylic acid groups (broad SMARTS) is 1. The van der Waals surface area contributed by atoms with Gasteiger partial charge in [0.05, 0.1) is 5.56 Å². The number of H-pyrrole nitrogens is 1. The standard InChI is InChI=1S/C18H17BrFN3O4/c19-12-2-1-3-13(20)15(12)16(24)10-8-14(21-9-10)17(25)22-11-4-6-23(7-5-11)18(26)27/h1-3,8-9,11,21H,4-7H2,(H,22,25)(H,26,27). The molecule has 1 aliphatic rings. The molecule has 27 heavy (non-hydrogen) atoms. The van der Waals surface area contributed by atoms with Gasteiger partial charge in [0, 0.05) is 35.4 Å². The lowest BCUT2D eigenvalue weighted by Gasteiger charge is -2.30. The van der Waals surface area contributed by atoms with E-state index >= 15 is 0 Å². The van der Waals surface area contributed by atoms with E-state index in [1.165, 1.54) is 29.3 Å². The van der Waals surface area contributed by atoms with E-state index < -0.39 is 23.6 Å². The first-order chi connectivity index (χ1) is 12.9. The van der Waals surface area contributed by atoms with Gasteiger partial charge in [-0.2, -0.15) is 0 Å². The van der Waals surface area contributed by atoms with Gasteiger partial charge in [-0.3, -0.25) is 9.59 Å². The smallest absolute Gasteiger partial charge is 0.407 e. The van der Waals surface area contributed by atoms with Crippen molar-refractivity contribution < 1.29 is 23.9 Å². The number of aromatic amines is 1. The van der Waals surface area contributed by atoms with Crippen molar-refractivity contribution in [2.75, 3.05) is 13.1 Å². The van der Waals surface area contributed by atoms with Crippen LogP contribution in [0.5, 0.6) is 0 Å². The van der Waals surface area contributed by atoms with Crippen LogP contribution in [0.2, 0.25) is 0 Å². The number of halogens is 2. The summed E-state index contributed by atoms with van der Waals surface area (Å²) in [4.78, 5) is 39.8. The maximum atomic E-state index is 14.0. The fraction of sp³-hybridized carbons (Fsp3) is 0.278. The molecular weight excluding hydrogens is 421 g/mol. The van der Waals surface area contributed by atoms with Crippen molar-refractivity contribution in [3.8, 4) is 0 Å². The molecule has 1 aliphatic heterocycles. The Kier molecular flexibility index (Phi) is 5.59. The van der Waals surface area contributed by atoms with E-state index in [2.05, 4.69) is 26.2 Å². The summed E-state index contributed by atoms with van der Waals surface area (Å²) in [7, 11) is 0. The van der Waals surface area contributed by atoms with Gasteiger partial charge < -0.3 is 20.3 Å². The highest BCUT2D eigenvalue weighted by molar-refractivity contribution is 9.10. The second-order valence-electron chi connectivity index (χ2n) is 6.25. The highest BCUT2D eigenvalue weighted by Gasteiger charge is 2.25. The number of benzene rings is 1. The summed E-state index contributed by atoms with van der Waals surface area (Å²) in [6.45, 7) is 0.714. The van der Waals surface area contributed by atoms with Gasteiger partial charge in [0.15, 0.2) is 5.78 Å². The average molecular weight is 438 g/mol. The topological polar surface area (TPSA) is 102 Å². The van der Waals surface area contributed by atoms with Gasteiger partial charge in [0.1, 0.15) is 11.5 Å². The van der Waals surface area contributed by atoms with E-state index in [-0.39, 0.29) is 22.9 Å². The SMILES string of the molecule is O=C(NC1CCN(C(=O)O)CC1)c1cc(C(=O)c2c(F)cccc2Br)c[nH]1. The van der Waals surface area contributed by atoms with Gasteiger partial charge in [-0.25, -0.2) is 9.18 Å². The zero-order chi connectivity index (χ0) is 19.6. The van der Waals surface area contributed by atoms with E-state index in [0.29, 0.717) is 30.4 Å². The monoisotopic (exact) mass is 437 g/mol. The number of ketones is 1. The molecule has 3 rings (SSSR count). The third-order valence-electron chi connectivity index (χ3n) is 4.48. The van der Waals surface area contributed by atoms with Crippen LogP contribution in [0, 0.1) is 5.82 Å². The first-order valence-corrected chi connectivity index (χ1v) is 9.12. The third kappa shape index (κ3) is 4.19. The van der Waals surface area contributed by atoms with Crippen LogP contribution in [0.15, 0.2) is 34.9 Å². The minimum atomic E-state index is -0.966. The van der Waals surface area contributed by atoms with E-state index in [1.807, 2.05) is 0 Å². The van der Waals surface area contributed by atoms with Crippen LogP contribution in [0.3, 0.4) is 0 Å². The Morgan fingerprint density at radius 2 is 1.96 bits per heavy atom. The highest BCUT2D eigenvalue weighted by atomic mass is 79.9. The Hall–Kier alpha value is -2.68. The van der Waals surface area contributed by atoms with Gasteiger partial charge in [-0.15, -0.1) is 0 Å². The number of likely N-dealkylation sites (tertiary alicyclic amines) is 1. The van der Waals surface area contributed by atoms with E-state index in [1.54, 1.807) is 6.07 Å². The predicted octanol–water partition coefficient (Wildman–Crippen LogP) is 3.02. The molecule has 7 nitrogen and oxygen atoms in total. The number of carbonyl (C=O) groups excluding carboxylic acids is 2. The molecule has 0 spiro atoms. The molecule has 0 aliphatic carbocycles. The van der Waals surface area contributed by atoms with Gasteiger partial charge in [0.2, 0.25) is 0 Å². The lowest BCUT2D eigenvalue weighted by molar-refractivity contribution is 0.0902. The Morgan fingerprint density at radius 3 is 2.59 bits per heavy atom. The van der Waals surface area contributed by atoms with Crippen molar-refractivity contribution >= 4 is 33.7 Å². The molecule has 2 amide bonds. The number of amides is 2. The molecule has 9 heteroatoms. The summed E-state index contributed by atoms with van der Waals surface area (Å²) in [5, 5.41) is 11.8. The van der Waals surface area contributed by atoms with Gasteiger partial charge >= 0.3 is 6.09 Å². The van der Waals surface area contributed by atoms with E-state index in [4.69, 9.17) is 5.11 Å². The normalized spacial score (nSPS) is 14.8. The first kappa shape index (κ1) is 19.1. The summed E-state index contributed by atoms with van der Waals surface area (Å²) in [5.41, 5.74) is 0.266. The highest BCUT2D eigenvalue weighted by Crippen LogP contribution is 2.23. The number of piperidine rings is 1. The van der Waals surface area contributed by atoms with Crippen LogP contribution < -0.4 is 5.32 Å². The number of nitrogens with zero attached hydrogens (tertiary/aromatic N) is 1. The van der Waals surface area contributed by atoms with Crippen molar-refractivity contribution in [3.05, 3.63) is 57.6 Å². The van der Waals surface area contributed by atoms with Crippen molar-refractivity contribution in [3.63, 3.8) is 0 Å². The fourth-order valence-corrected chi connectivity index (χ4v) is 3.52. The largest absolute Gasteiger partial charge is 0.465 e. The molecular formula is C18H17BrFN3O4. The molecule has 0 saturated carbocycles. The number of rotatable bonds is 4. The molecule has 3 N–H and O–H groups in total. The quantitative estimate of drug-likeness (QED) is 0.639. The molecule has 1 aromatic carbocycles. The molecule has 2 aromatic rings. The van der Waals surface area contributed by atoms with Crippen LogP contribution in [0.4, 0.5) is 9.18 Å². The maximum Gasteiger partial charge on any atom is 0.407 e. The van der Waals surface area contributed by atoms with Gasteiger partial charge in [-0.1, -0.05) is 6.07 Å². The second-order valence-corrected chi connectivity index (χ2v) is 7.10. The molecule has 142 valence electrons. The van der Waals surface area contributed by atoms with Crippen molar-refractivity contribution in [2.24, 2.45) is 0 Å². The summed E-state index contributed by atoms with van der Waals surface area (Å²) in [5.74, 6) is -1.58. The van der Waals surface area contributed by atoms with Crippen LogP contribution >= 0.6 is 15.9 Å². The molecule has 1 saturated heterocycles. The Labute approximate surface area is 162 Å². The lowest BCUT2D eigenvalue weighted by atomic mass is 10.0. The number of nitrogens with one attached hydrogen (secondary N) is 2. The molecule has 0 radical (unpaired) electrons. The number of aromatic nitrogens is 1. The summed E-state index contributed by atoms with van der Waals surface area (Å²) >= 11 is 3.17. The summed E-state index contributed by atoms with van der Waals surface area (Å²) < 4.78 is 14.3. The van der Waals surface area contributed by atoms with Gasteiger partial charge in [-0.05, 0) is 47.0 Å². The minimum absolute atomic E-state index is 0.0931. The Balaban J connectivity index is 1.66. The number of carbonyl (C=O) groups is 3. The van der Waals surface area contributed by atoms with E-state index in [9.17, 15) is 18.8 Å². The zero-order valence-electron chi connectivity index (χ0n) is 14.2. The van der Waals surface area contributed by atoms with Crippen LogP contribution in [0.1, 0.15) is 39.3 Å². The molecule has 0 bridgehead atoms. The van der Waals surface area contributed by atoms with Crippen LogP contribution in [0.25, 0.3) is 0 Å². The van der Waals surface area contributed by atoms with Crippen LogP contribution in [-0.4, -0.2) is 51.9 Å². The maximum absolute atomic E-state index is 14.0. The zero-order valence-corrected chi connectivity index (χ0v) is 15.8. The first-order valence-electron chi connectivity index (χ1n) is 8.32. The second kappa shape index (κ2) is 7.91. The molecule has 2 heterocycles. The molecule has 0 unspecified atom stereocenters. The average Bonchev–Trinajstić information content (AvgIpc) is 3.12. The lowest BCUT2D eigenvalue weighted by Crippen LogP contribution is -2.46. The van der Waals surface area contributed by atoms with Gasteiger partial charge in [0.25, 0.3) is 5.91 Å². The minimum Gasteiger partial charge on any atom is -0.465 e. The predicted molar refractivity (Wildman–Crippen MR) is 98.4 cm³/mol. The molecule has 0 atom stereocenters. The Morgan fingerprint density at radius 1 is 1.26 bits per heavy atom. The summed E-state index contributed by atoms with van der Waals surface area (Å²) in [6, 6.07) is 5.49. The Bertz CT molecular complexity index is 870. The molecule has 1 fully saturated rings. The van der Waals surface area contributed by atoms with Crippen molar-refractivity contribution in [2.45, 2.75) is 18.9 Å². The summed E-state index contributed by atoms with van der Waals surface area (Å²) in [6.07, 6.45) is 1.44. The van der Waals surface area contributed by atoms with E-state index in [0.717, 1.165) is 0 Å². The fourth-order valence-electron chi connectivity index (χ4n) is 2.99. The molecule has 1 aromatic heterocycles. The van der Waals surface area contributed by atoms with Crippen molar-refractivity contribution in [1.82, 2.24) is 15.2 Å². The number of hydrogen-bond donors (Lipinski definition) is 3. The van der Waals surface area contributed by atoms with Crippen LogP contribution in [-0.2, 0) is 0 Å². The number of hydrogen-bond acceptors (Lipinski definition) is 3.